The molecule has 1 aliphatic heterocycles. The van der Waals surface area contributed by atoms with E-state index in [9.17, 15) is 12.8 Å². The Kier molecular flexibility index (Phi) is 6.02. The summed E-state index contributed by atoms with van der Waals surface area (Å²) in [5.74, 6) is -0.617. The second-order valence-electron chi connectivity index (χ2n) is 5.52. The fourth-order valence-corrected chi connectivity index (χ4v) is 4.62. The van der Waals surface area contributed by atoms with Crippen LogP contribution >= 0.6 is 0 Å². The third kappa shape index (κ3) is 3.49. The van der Waals surface area contributed by atoms with E-state index in [1.807, 2.05) is 0 Å². The number of rotatable bonds is 6. The maximum atomic E-state index is 14.4. The Bertz CT molecular complexity index is 683. The zero-order chi connectivity index (χ0) is 17.9. The molecule has 2 unspecified atom stereocenters. The zero-order valence-electron chi connectivity index (χ0n) is 14.0. The molecule has 9 heteroatoms. The highest BCUT2D eigenvalue weighted by atomic mass is 32.2. The monoisotopic (exact) mass is 362 g/mol. The summed E-state index contributed by atoms with van der Waals surface area (Å²) in [5.41, 5.74) is 5.72. The van der Waals surface area contributed by atoms with Gasteiger partial charge in [-0.2, -0.15) is 4.31 Å². The van der Waals surface area contributed by atoms with Crippen LogP contribution in [-0.4, -0.2) is 59.3 Å². The van der Waals surface area contributed by atoms with Crippen molar-refractivity contribution < 1.29 is 27.0 Å². The van der Waals surface area contributed by atoms with Crippen LogP contribution in [0.2, 0.25) is 0 Å². The third-order valence-corrected chi connectivity index (χ3v) is 6.21. The van der Waals surface area contributed by atoms with Gasteiger partial charge in [0.2, 0.25) is 10.0 Å². The molecule has 0 spiro atoms. The molecule has 2 rings (SSSR count). The average molecular weight is 362 g/mol. The Hall–Kier alpha value is -1.42. The van der Waals surface area contributed by atoms with Gasteiger partial charge in [-0.1, -0.05) is 0 Å². The fourth-order valence-electron chi connectivity index (χ4n) is 2.90. The molecule has 1 fully saturated rings. The van der Waals surface area contributed by atoms with Crippen LogP contribution in [0.25, 0.3) is 0 Å². The molecule has 0 amide bonds. The number of halogens is 1. The third-order valence-electron chi connectivity index (χ3n) is 4.24. The van der Waals surface area contributed by atoms with E-state index in [0.717, 1.165) is 12.1 Å². The molecule has 7 nitrogen and oxygen atoms in total. The normalized spacial score (nSPS) is 22.4. The van der Waals surface area contributed by atoms with Crippen molar-refractivity contribution in [2.75, 3.05) is 34.4 Å². The highest BCUT2D eigenvalue weighted by Crippen LogP contribution is 2.35. The van der Waals surface area contributed by atoms with Crippen molar-refractivity contribution in [3.63, 3.8) is 0 Å². The quantitative estimate of drug-likeness (QED) is 0.811. The second kappa shape index (κ2) is 7.64. The molecule has 2 atom stereocenters. The van der Waals surface area contributed by atoms with Gasteiger partial charge < -0.3 is 19.9 Å². The first kappa shape index (κ1) is 18.9. The molecule has 0 radical (unpaired) electrons. The molecular weight excluding hydrogens is 339 g/mol. The van der Waals surface area contributed by atoms with E-state index in [-0.39, 0.29) is 30.7 Å². The predicted molar refractivity (Wildman–Crippen MR) is 86.3 cm³/mol. The largest absolute Gasteiger partial charge is 0.493 e. The van der Waals surface area contributed by atoms with Gasteiger partial charge in [0.1, 0.15) is 10.7 Å². The van der Waals surface area contributed by atoms with Crippen molar-refractivity contribution in [2.45, 2.75) is 29.9 Å². The molecule has 1 aromatic rings. The van der Waals surface area contributed by atoms with E-state index >= 15 is 0 Å². The number of nitrogens with zero attached hydrogens (tertiary/aromatic N) is 1. The van der Waals surface area contributed by atoms with Crippen LogP contribution in [0.1, 0.15) is 12.8 Å². The molecular formula is C15H23FN2O5S. The second-order valence-corrected chi connectivity index (χ2v) is 7.38. The topological polar surface area (TPSA) is 91.1 Å². The van der Waals surface area contributed by atoms with Crippen molar-refractivity contribution in [3.05, 3.63) is 17.9 Å². The van der Waals surface area contributed by atoms with Crippen molar-refractivity contribution in [1.29, 1.82) is 0 Å². The number of sulfonamides is 1. The molecule has 1 heterocycles. The van der Waals surface area contributed by atoms with E-state index in [1.54, 1.807) is 7.11 Å². The van der Waals surface area contributed by atoms with Gasteiger partial charge in [0, 0.05) is 38.4 Å². The minimum absolute atomic E-state index is 0.0553. The first-order valence-corrected chi connectivity index (χ1v) is 8.99. The molecule has 2 N–H and O–H groups in total. The highest BCUT2D eigenvalue weighted by molar-refractivity contribution is 7.89. The molecule has 0 aromatic heterocycles. The van der Waals surface area contributed by atoms with Gasteiger partial charge in [0.05, 0.1) is 20.3 Å². The predicted octanol–water partition coefficient (Wildman–Crippen LogP) is 0.970. The fraction of sp³-hybridized carbons (Fsp3) is 0.600. The summed E-state index contributed by atoms with van der Waals surface area (Å²) in [6.45, 7) is 0.352. The zero-order valence-corrected chi connectivity index (χ0v) is 14.8. The smallest absolute Gasteiger partial charge is 0.246 e. The van der Waals surface area contributed by atoms with Gasteiger partial charge in [-0.15, -0.1) is 0 Å². The lowest BCUT2D eigenvalue weighted by Crippen LogP contribution is -2.51. The number of hydrogen-bond acceptors (Lipinski definition) is 6. The first-order chi connectivity index (χ1) is 11.4. The van der Waals surface area contributed by atoms with Crippen molar-refractivity contribution in [1.82, 2.24) is 4.31 Å². The molecule has 1 aliphatic rings. The van der Waals surface area contributed by atoms with Gasteiger partial charge in [-0.25, -0.2) is 12.8 Å². The van der Waals surface area contributed by atoms with Gasteiger partial charge in [0.25, 0.3) is 0 Å². The summed E-state index contributed by atoms with van der Waals surface area (Å²) >= 11 is 0. The molecule has 1 saturated heterocycles. The van der Waals surface area contributed by atoms with E-state index < -0.39 is 26.8 Å². The van der Waals surface area contributed by atoms with E-state index in [4.69, 9.17) is 19.9 Å². The molecule has 0 saturated carbocycles. The van der Waals surface area contributed by atoms with Crippen LogP contribution < -0.4 is 15.2 Å². The SMILES string of the molecule is COc1cc(F)c(S(=O)(=O)N2CCC(OC)CC2CN)cc1OC. The minimum Gasteiger partial charge on any atom is -0.493 e. The van der Waals surface area contributed by atoms with Crippen LogP contribution in [0.4, 0.5) is 4.39 Å². The molecule has 0 aliphatic carbocycles. The standard InChI is InChI=1S/C15H23FN2O5S/c1-21-11-4-5-18(10(6-11)9-17)24(19,20)15-8-14(23-3)13(22-2)7-12(15)16/h7-8,10-11H,4-6,9,17H2,1-3H3. The number of benzene rings is 1. The molecule has 1 aromatic carbocycles. The van der Waals surface area contributed by atoms with Crippen LogP contribution in [0, 0.1) is 5.82 Å². The van der Waals surface area contributed by atoms with E-state index in [0.29, 0.717) is 12.8 Å². The Morgan fingerprint density at radius 2 is 1.88 bits per heavy atom. The number of hydrogen-bond donors (Lipinski definition) is 1. The molecule has 0 bridgehead atoms. The summed E-state index contributed by atoms with van der Waals surface area (Å²) in [4.78, 5) is -0.450. The van der Waals surface area contributed by atoms with E-state index in [1.165, 1.54) is 18.5 Å². The van der Waals surface area contributed by atoms with E-state index in [2.05, 4.69) is 0 Å². The number of piperidine rings is 1. The number of ether oxygens (including phenoxy) is 3. The Morgan fingerprint density at radius 1 is 1.25 bits per heavy atom. The number of methoxy groups -OCH3 is 3. The van der Waals surface area contributed by atoms with Crippen LogP contribution in [-0.2, 0) is 14.8 Å². The lowest BCUT2D eigenvalue weighted by atomic mass is 10.0. The number of nitrogens with two attached hydrogens (primary N) is 1. The molecule has 24 heavy (non-hydrogen) atoms. The van der Waals surface area contributed by atoms with Crippen molar-refractivity contribution in [2.24, 2.45) is 5.73 Å². The average Bonchev–Trinajstić information content (AvgIpc) is 2.60. The van der Waals surface area contributed by atoms with Crippen molar-refractivity contribution >= 4 is 10.0 Å². The van der Waals surface area contributed by atoms with Crippen LogP contribution in [0.5, 0.6) is 11.5 Å². The van der Waals surface area contributed by atoms with Gasteiger partial charge >= 0.3 is 0 Å². The Labute approximate surface area is 141 Å². The lowest BCUT2D eigenvalue weighted by molar-refractivity contribution is 0.0401. The Balaban J connectivity index is 2.43. The summed E-state index contributed by atoms with van der Waals surface area (Å²) in [7, 11) is 0.236. The lowest BCUT2D eigenvalue weighted by Gasteiger charge is -2.37. The Morgan fingerprint density at radius 3 is 2.42 bits per heavy atom. The summed E-state index contributed by atoms with van der Waals surface area (Å²) in [6, 6.07) is 1.70. The highest BCUT2D eigenvalue weighted by Gasteiger charge is 2.38. The minimum atomic E-state index is -4.06. The van der Waals surface area contributed by atoms with Crippen LogP contribution in [0.3, 0.4) is 0 Å². The summed E-state index contributed by atoms with van der Waals surface area (Å²) in [5, 5.41) is 0. The maximum absolute atomic E-state index is 14.4. The first-order valence-electron chi connectivity index (χ1n) is 7.55. The van der Waals surface area contributed by atoms with Gasteiger partial charge in [-0.05, 0) is 12.8 Å². The molecule has 136 valence electrons. The van der Waals surface area contributed by atoms with Gasteiger partial charge in [0.15, 0.2) is 11.5 Å². The van der Waals surface area contributed by atoms with Crippen LogP contribution in [0.15, 0.2) is 17.0 Å². The van der Waals surface area contributed by atoms with Gasteiger partial charge in [-0.3, -0.25) is 0 Å². The summed E-state index contributed by atoms with van der Waals surface area (Å²) < 4.78 is 56.9. The summed E-state index contributed by atoms with van der Waals surface area (Å²) in [6.07, 6.45) is 0.947. The maximum Gasteiger partial charge on any atom is 0.246 e. The van der Waals surface area contributed by atoms with Crippen molar-refractivity contribution in [3.8, 4) is 11.5 Å².